The summed E-state index contributed by atoms with van der Waals surface area (Å²) in [4.78, 5) is 8.60. The van der Waals surface area contributed by atoms with Gasteiger partial charge in [-0.1, -0.05) is 40.5 Å². The van der Waals surface area contributed by atoms with E-state index < -0.39 is 0 Å². The highest BCUT2D eigenvalue weighted by molar-refractivity contribution is 9.10. The summed E-state index contributed by atoms with van der Waals surface area (Å²) in [5.74, 6) is 0.286. The largest absolute Gasteiger partial charge is 0.505 e. The first-order valence-corrected chi connectivity index (χ1v) is 11.4. The molecule has 6 nitrogen and oxygen atoms in total. The first kappa shape index (κ1) is 20.2. The highest BCUT2D eigenvalue weighted by Crippen LogP contribution is 2.32. The lowest BCUT2D eigenvalue weighted by molar-refractivity contribution is 0.218. The molecule has 1 aliphatic heterocycles. The van der Waals surface area contributed by atoms with Gasteiger partial charge in [0, 0.05) is 33.7 Å². The number of pyridine rings is 1. The Bertz CT molecular complexity index is 1200. The lowest BCUT2D eigenvalue weighted by Gasteiger charge is -2.27. The average molecular weight is 478 g/mol. The summed E-state index contributed by atoms with van der Waals surface area (Å²) in [7, 11) is 0. The molecule has 0 saturated carbocycles. The molecule has 1 N–H and O–H groups in total. The number of piperidine rings is 1. The average Bonchev–Trinajstić information content (AvgIpc) is 3.27. The van der Waals surface area contributed by atoms with E-state index in [1.165, 1.54) is 19.3 Å². The number of hydrogen-bond donors (Lipinski definition) is 1. The highest BCUT2D eigenvalue weighted by Gasteiger charge is 2.17. The molecule has 4 aromatic rings. The van der Waals surface area contributed by atoms with Gasteiger partial charge in [0.1, 0.15) is 17.0 Å². The molecule has 0 radical (unpaired) electrons. The van der Waals surface area contributed by atoms with E-state index in [9.17, 15) is 5.11 Å². The van der Waals surface area contributed by atoms with Crippen molar-refractivity contribution >= 4 is 26.8 Å². The lowest BCUT2D eigenvalue weighted by atomic mass is 10.0. The zero-order valence-corrected chi connectivity index (χ0v) is 18.8. The molecule has 0 unspecified atom stereocenters. The van der Waals surface area contributed by atoms with Crippen LogP contribution in [0.4, 0.5) is 0 Å². The molecule has 0 amide bonds. The fraction of sp³-hybridized carbons (Fsp3) is 0.292. The number of benzene rings is 2. The SMILES string of the molecule is Oc1c(CN2CCCCC2)cc(Cn2ncc(-c3ccc(Br)cc3)n2)c2cccnc12. The van der Waals surface area contributed by atoms with Crippen molar-refractivity contribution in [1.82, 2.24) is 24.9 Å². The van der Waals surface area contributed by atoms with E-state index in [1.54, 1.807) is 17.2 Å². The quantitative estimate of drug-likeness (QED) is 0.438. The highest BCUT2D eigenvalue weighted by atomic mass is 79.9. The minimum atomic E-state index is 0.286. The number of phenols is 1. The Hall–Kier alpha value is -2.77. The Labute approximate surface area is 189 Å². The van der Waals surface area contributed by atoms with E-state index in [4.69, 9.17) is 0 Å². The van der Waals surface area contributed by atoms with Crippen LogP contribution in [0.15, 0.2) is 59.3 Å². The smallest absolute Gasteiger partial charge is 0.146 e. The molecule has 0 atom stereocenters. The Morgan fingerprint density at radius 2 is 1.77 bits per heavy atom. The minimum Gasteiger partial charge on any atom is -0.505 e. The summed E-state index contributed by atoms with van der Waals surface area (Å²) < 4.78 is 1.04. The molecule has 7 heteroatoms. The normalized spacial score (nSPS) is 14.9. The van der Waals surface area contributed by atoms with Crippen molar-refractivity contribution in [2.75, 3.05) is 13.1 Å². The zero-order chi connectivity index (χ0) is 21.2. The number of likely N-dealkylation sites (tertiary alicyclic amines) is 1. The van der Waals surface area contributed by atoms with Crippen molar-refractivity contribution in [2.24, 2.45) is 0 Å². The van der Waals surface area contributed by atoms with Crippen LogP contribution in [0.2, 0.25) is 0 Å². The van der Waals surface area contributed by atoms with Crippen molar-refractivity contribution < 1.29 is 5.11 Å². The van der Waals surface area contributed by atoms with Gasteiger partial charge in [0.05, 0.1) is 12.7 Å². The molecular formula is C24H24BrN5O. The van der Waals surface area contributed by atoms with E-state index in [2.05, 4.69) is 42.1 Å². The Balaban J connectivity index is 1.47. The summed E-state index contributed by atoms with van der Waals surface area (Å²) in [6.45, 7) is 3.41. The van der Waals surface area contributed by atoms with Crippen LogP contribution < -0.4 is 0 Å². The number of phenolic OH excluding ortho intramolecular Hbond substituents is 1. The van der Waals surface area contributed by atoms with Crippen LogP contribution in [0.3, 0.4) is 0 Å². The van der Waals surface area contributed by atoms with Crippen molar-refractivity contribution in [2.45, 2.75) is 32.4 Å². The van der Waals surface area contributed by atoms with Gasteiger partial charge in [0.2, 0.25) is 0 Å². The van der Waals surface area contributed by atoms with Crippen molar-refractivity contribution in [3.05, 3.63) is 70.5 Å². The molecule has 1 saturated heterocycles. The third-order valence-electron chi connectivity index (χ3n) is 5.86. The summed E-state index contributed by atoms with van der Waals surface area (Å²) in [6, 6.07) is 14.0. The van der Waals surface area contributed by atoms with Crippen molar-refractivity contribution in [1.29, 1.82) is 0 Å². The van der Waals surface area contributed by atoms with Crippen LogP contribution in [-0.2, 0) is 13.1 Å². The molecule has 0 bridgehead atoms. The molecule has 31 heavy (non-hydrogen) atoms. The predicted molar refractivity (Wildman–Crippen MR) is 125 cm³/mol. The van der Waals surface area contributed by atoms with Gasteiger partial charge in [-0.25, -0.2) is 0 Å². The van der Waals surface area contributed by atoms with Gasteiger partial charge in [0.25, 0.3) is 0 Å². The number of halogens is 1. The maximum atomic E-state index is 10.9. The first-order valence-electron chi connectivity index (χ1n) is 10.6. The predicted octanol–water partition coefficient (Wildman–Crippen LogP) is 5.00. The van der Waals surface area contributed by atoms with Crippen LogP contribution in [0.5, 0.6) is 5.75 Å². The third kappa shape index (κ3) is 4.34. The fourth-order valence-electron chi connectivity index (χ4n) is 4.25. The van der Waals surface area contributed by atoms with Crippen LogP contribution in [-0.4, -0.2) is 43.1 Å². The number of fused-ring (bicyclic) bond motifs is 1. The Kier molecular flexibility index (Phi) is 5.70. The Morgan fingerprint density at radius 3 is 2.58 bits per heavy atom. The summed E-state index contributed by atoms with van der Waals surface area (Å²) in [6.07, 6.45) is 7.25. The van der Waals surface area contributed by atoms with E-state index in [1.807, 2.05) is 36.4 Å². The second-order valence-electron chi connectivity index (χ2n) is 8.05. The van der Waals surface area contributed by atoms with Crippen molar-refractivity contribution in [3.63, 3.8) is 0 Å². The Morgan fingerprint density at radius 1 is 0.968 bits per heavy atom. The number of hydrogen-bond acceptors (Lipinski definition) is 5. The molecule has 2 aromatic carbocycles. The van der Waals surface area contributed by atoms with Gasteiger partial charge in [-0.15, -0.1) is 0 Å². The van der Waals surface area contributed by atoms with Gasteiger partial charge in [-0.05, 0) is 55.8 Å². The first-order chi connectivity index (χ1) is 15.2. The number of rotatable bonds is 5. The molecule has 0 spiro atoms. The van der Waals surface area contributed by atoms with Gasteiger partial charge in [-0.3, -0.25) is 9.88 Å². The van der Waals surface area contributed by atoms with E-state index in [0.717, 1.165) is 51.9 Å². The van der Waals surface area contributed by atoms with Gasteiger partial charge in [0.15, 0.2) is 0 Å². The third-order valence-corrected chi connectivity index (χ3v) is 6.39. The van der Waals surface area contributed by atoms with Gasteiger partial charge >= 0.3 is 0 Å². The molecule has 158 valence electrons. The molecule has 1 aliphatic rings. The van der Waals surface area contributed by atoms with Gasteiger partial charge in [-0.2, -0.15) is 15.0 Å². The van der Waals surface area contributed by atoms with E-state index in [0.29, 0.717) is 12.1 Å². The summed E-state index contributed by atoms with van der Waals surface area (Å²) in [5.41, 5.74) is 4.49. The second-order valence-corrected chi connectivity index (χ2v) is 8.96. The monoisotopic (exact) mass is 477 g/mol. The maximum absolute atomic E-state index is 10.9. The number of nitrogens with zero attached hydrogens (tertiary/aromatic N) is 5. The minimum absolute atomic E-state index is 0.286. The molecule has 2 aromatic heterocycles. The zero-order valence-electron chi connectivity index (χ0n) is 17.2. The van der Waals surface area contributed by atoms with Crippen molar-refractivity contribution in [3.8, 4) is 17.0 Å². The fourth-order valence-corrected chi connectivity index (χ4v) is 4.51. The van der Waals surface area contributed by atoms with E-state index in [-0.39, 0.29) is 5.75 Å². The number of aromatic nitrogens is 4. The molecule has 0 aliphatic carbocycles. The van der Waals surface area contributed by atoms with Crippen LogP contribution in [0, 0.1) is 0 Å². The van der Waals surface area contributed by atoms with Crippen LogP contribution >= 0.6 is 15.9 Å². The summed E-state index contributed by atoms with van der Waals surface area (Å²) in [5, 5.41) is 21.0. The maximum Gasteiger partial charge on any atom is 0.146 e. The second kappa shape index (κ2) is 8.77. The molecule has 3 heterocycles. The summed E-state index contributed by atoms with van der Waals surface area (Å²) >= 11 is 3.47. The van der Waals surface area contributed by atoms with Crippen LogP contribution in [0.25, 0.3) is 22.2 Å². The molecule has 5 rings (SSSR count). The lowest BCUT2D eigenvalue weighted by Crippen LogP contribution is -2.29. The van der Waals surface area contributed by atoms with Gasteiger partial charge < -0.3 is 5.11 Å². The standard InChI is InChI=1S/C24H24BrN5O/c25-20-8-6-17(7-9-20)22-14-27-30(28-22)16-18-13-19(15-29-11-2-1-3-12-29)24(31)23-21(18)5-4-10-26-23/h4-10,13-14,31H,1-3,11-12,15-16H2. The molecular weight excluding hydrogens is 454 g/mol. The van der Waals surface area contributed by atoms with E-state index >= 15 is 0 Å². The topological polar surface area (TPSA) is 67.1 Å². The molecule has 1 fully saturated rings. The van der Waals surface area contributed by atoms with Crippen LogP contribution in [0.1, 0.15) is 30.4 Å². The number of aromatic hydroxyl groups is 1.